The van der Waals surface area contributed by atoms with E-state index in [2.05, 4.69) is 4.43 Å². The fourth-order valence-electron chi connectivity index (χ4n) is 0.675. The Morgan fingerprint density at radius 1 is 1.15 bits per heavy atom. The van der Waals surface area contributed by atoms with Crippen LogP contribution in [-0.2, 0) is 0 Å². The zero-order chi connectivity index (χ0) is 9.19. The molecule has 1 rings (SSSR count). The van der Waals surface area contributed by atoms with Crippen LogP contribution in [0.1, 0.15) is 0 Å². The number of benzene rings is 1. The van der Waals surface area contributed by atoms with Crippen LogP contribution < -0.4 is 4.43 Å². The first-order chi connectivity index (χ1) is 5.49. The standard InChI is InChI=1S/C6H7ClO4Si.Na.H/c7-5-3-1-2-4-6(5)11-12(8,9)10;;/h1-4,8-10H;;. The summed E-state index contributed by atoms with van der Waals surface area (Å²) in [7, 11) is -4.51. The van der Waals surface area contributed by atoms with Gasteiger partial charge in [-0.25, -0.2) is 0 Å². The van der Waals surface area contributed by atoms with Crippen molar-refractivity contribution in [3.05, 3.63) is 29.3 Å². The fraction of sp³-hybridized carbons (Fsp3) is 0. The van der Waals surface area contributed by atoms with Crippen LogP contribution in [0.15, 0.2) is 24.3 Å². The zero-order valence-corrected chi connectivity index (χ0v) is 7.69. The summed E-state index contributed by atoms with van der Waals surface area (Å²) in [6.45, 7) is 0. The Labute approximate surface area is 104 Å². The van der Waals surface area contributed by atoms with Crippen molar-refractivity contribution in [3.63, 3.8) is 0 Å². The molecule has 13 heavy (non-hydrogen) atoms. The molecular weight excluding hydrogens is 223 g/mol. The van der Waals surface area contributed by atoms with Crippen molar-refractivity contribution in [2.75, 3.05) is 0 Å². The predicted octanol–water partition coefficient (Wildman–Crippen LogP) is -0.517. The maximum atomic E-state index is 8.56. The second kappa shape index (κ2) is 5.33. The van der Waals surface area contributed by atoms with E-state index in [0.717, 1.165) is 0 Å². The summed E-state index contributed by atoms with van der Waals surface area (Å²) in [4.78, 5) is 25.7. The molecule has 68 valence electrons. The van der Waals surface area contributed by atoms with Crippen LogP contribution >= 0.6 is 11.6 Å². The molecule has 0 aliphatic heterocycles. The van der Waals surface area contributed by atoms with Gasteiger partial charge in [0.15, 0.2) is 0 Å². The van der Waals surface area contributed by atoms with Crippen molar-refractivity contribution in [1.82, 2.24) is 0 Å². The second-order valence-electron chi connectivity index (χ2n) is 2.11. The van der Waals surface area contributed by atoms with Crippen LogP contribution in [0.5, 0.6) is 5.75 Å². The van der Waals surface area contributed by atoms with E-state index in [1.165, 1.54) is 12.1 Å². The van der Waals surface area contributed by atoms with Crippen molar-refractivity contribution in [3.8, 4) is 5.75 Å². The molecule has 0 aliphatic rings. The average Bonchev–Trinajstić information content (AvgIpc) is 1.91. The van der Waals surface area contributed by atoms with Gasteiger partial charge in [0.2, 0.25) is 0 Å². The van der Waals surface area contributed by atoms with Crippen LogP contribution in [0.4, 0.5) is 0 Å². The van der Waals surface area contributed by atoms with Gasteiger partial charge < -0.3 is 18.8 Å². The van der Waals surface area contributed by atoms with Crippen molar-refractivity contribution < 1.29 is 18.8 Å². The van der Waals surface area contributed by atoms with Gasteiger partial charge >= 0.3 is 38.6 Å². The first kappa shape index (κ1) is 13.4. The number of hydrogen-bond acceptors (Lipinski definition) is 4. The molecule has 0 aliphatic carbocycles. The molecular formula is C6H8ClNaO4Si. The molecule has 3 N–H and O–H groups in total. The van der Waals surface area contributed by atoms with Crippen LogP contribution in [-0.4, -0.2) is 53.0 Å². The molecule has 0 fully saturated rings. The molecule has 1 aromatic rings. The Morgan fingerprint density at radius 2 is 1.69 bits per heavy atom. The van der Waals surface area contributed by atoms with Crippen molar-refractivity contribution >= 4 is 50.2 Å². The Kier molecular flexibility index (Phi) is 5.49. The first-order valence-electron chi connectivity index (χ1n) is 3.10. The summed E-state index contributed by atoms with van der Waals surface area (Å²) in [5.74, 6) is 0.0540. The van der Waals surface area contributed by atoms with Gasteiger partial charge in [-0.15, -0.1) is 0 Å². The van der Waals surface area contributed by atoms with Gasteiger partial charge in [0.05, 0.1) is 5.02 Å². The minimum absolute atomic E-state index is 0. The van der Waals surface area contributed by atoms with Crippen molar-refractivity contribution in [2.45, 2.75) is 0 Å². The number of halogens is 1. The van der Waals surface area contributed by atoms with Crippen LogP contribution in [0, 0.1) is 0 Å². The third-order valence-corrected chi connectivity index (χ3v) is 1.89. The molecule has 0 heterocycles. The monoisotopic (exact) mass is 230 g/mol. The van der Waals surface area contributed by atoms with Gasteiger partial charge in [0.1, 0.15) is 5.75 Å². The molecule has 0 spiro atoms. The SMILES string of the molecule is O[Si](O)(O)Oc1ccccc1Cl.[NaH]. The van der Waals surface area contributed by atoms with E-state index in [9.17, 15) is 0 Å². The Bertz CT molecular complexity index is 278. The number of hydrogen-bond donors (Lipinski definition) is 3. The topological polar surface area (TPSA) is 69.9 Å². The molecule has 0 amide bonds. The summed E-state index contributed by atoms with van der Waals surface area (Å²) in [6.07, 6.45) is 0. The predicted molar refractivity (Wildman–Crippen MR) is 51.6 cm³/mol. The summed E-state index contributed by atoms with van der Waals surface area (Å²) in [5, 5.41) is 0.214. The average molecular weight is 231 g/mol. The maximum absolute atomic E-state index is 8.56. The molecule has 4 nitrogen and oxygen atoms in total. The van der Waals surface area contributed by atoms with E-state index in [1.807, 2.05) is 0 Å². The number of rotatable bonds is 2. The molecule has 0 aromatic heterocycles. The van der Waals surface area contributed by atoms with Crippen LogP contribution in [0.3, 0.4) is 0 Å². The number of para-hydroxylation sites is 1. The fourth-order valence-corrected chi connectivity index (χ4v) is 1.39. The Morgan fingerprint density at radius 3 is 2.15 bits per heavy atom. The third kappa shape index (κ3) is 4.99. The van der Waals surface area contributed by atoms with Crippen LogP contribution in [0.25, 0.3) is 0 Å². The molecule has 0 bridgehead atoms. The van der Waals surface area contributed by atoms with E-state index < -0.39 is 9.05 Å². The Hall–Kier alpha value is 0.407. The van der Waals surface area contributed by atoms with Gasteiger partial charge in [-0.2, -0.15) is 0 Å². The van der Waals surface area contributed by atoms with E-state index in [4.69, 9.17) is 26.0 Å². The van der Waals surface area contributed by atoms with Gasteiger partial charge in [-0.1, -0.05) is 23.7 Å². The Balaban J connectivity index is 0.00000144. The minimum atomic E-state index is -4.51. The first-order valence-corrected chi connectivity index (χ1v) is 5.22. The van der Waals surface area contributed by atoms with Gasteiger partial charge in [0.25, 0.3) is 0 Å². The quantitative estimate of drug-likeness (QED) is 0.599. The van der Waals surface area contributed by atoms with E-state index in [1.54, 1.807) is 12.1 Å². The molecule has 0 saturated heterocycles. The molecule has 1 aromatic carbocycles. The third-order valence-electron chi connectivity index (χ3n) is 1.08. The van der Waals surface area contributed by atoms with Crippen molar-refractivity contribution in [1.29, 1.82) is 0 Å². The van der Waals surface area contributed by atoms with Gasteiger partial charge in [-0.3, -0.25) is 0 Å². The molecule has 0 unspecified atom stereocenters. The zero-order valence-electron chi connectivity index (χ0n) is 5.94. The van der Waals surface area contributed by atoms with E-state index in [-0.39, 0.29) is 40.3 Å². The normalized spacial score (nSPS) is 10.5. The van der Waals surface area contributed by atoms with Crippen LogP contribution in [0.2, 0.25) is 5.02 Å². The van der Waals surface area contributed by atoms with E-state index in [0.29, 0.717) is 0 Å². The van der Waals surface area contributed by atoms with Gasteiger partial charge in [-0.05, 0) is 12.1 Å². The second-order valence-corrected chi connectivity index (χ2v) is 3.87. The van der Waals surface area contributed by atoms with E-state index >= 15 is 0 Å². The summed E-state index contributed by atoms with van der Waals surface area (Å²) < 4.78 is 4.41. The molecule has 0 atom stereocenters. The molecule has 7 heteroatoms. The van der Waals surface area contributed by atoms with Crippen molar-refractivity contribution in [2.24, 2.45) is 0 Å². The summed E-state index contributed by atoms with van der Waals surface area (Å²) >= 11 is 5.59. The molecule has 0 saturated carbocycles. The summed E-state index contributed by atoms with van der Waals surface area (Å²) in [5.41, 5.74) is 0. The summed E-state index contributed by atoms with van der Waals surface area (Å²) in [6, 6.07) is 6.19. The molecule has 0 radical (unpaired) electrons. The van der Waals surface area contributed by atoms with Gasteiger partial charge in [0, 0.05) is 0 Å².